The lowest BCUT2D eigenvalue weighted by Gasteiger charge is -2.21. The monoisotopic (exact) mass is 399 g/mol. The zero-order valence-corrected chi connectivity index (χ0v) is 16.6. The Hall–Kier alpha value is -2.35. The van der Waals surface area contributed by atoms with Gasteiger partial charge in [0.2, 0.25) is 11.1 Å². The number of aromatic nitrogens is 3. The van der Waals surface area contributed by atoms with Crippen LogP contribution >= 0.6 is 11.8 Å². The number of hydrogen-bond donors (Lipinski definition) is 2. The van der Waals surface area contributed by atoms with E-state index in [2.05, 4.69) is 15.7 Å². The van der Waals surface area contributed by atoms with Crippen LogP contribution in [0.3, 0.4) is 0 Å². The number of carbonyl (C=O) groups is 2. The lowest BCUT2D eigenvalue weighted by molar-refractivity contribution is -0.117. The second kappa shape index (κ2) is 8.77. The van der Waals surface area contributed by atoms with Gasteiger partial charge in [0.1, 0.15) is 5.82 Å². The molecule has 2 fully saturated rings. The Balaban J connectivity index is 1.44. The van der Waals surface area contributed by atoms with Gasteiger partial charge in [0.15, 0.2) is 0 Å². The summed E-state index contributed by atoms with van der Waals surface area (Å²) >= 11 is 1.26. The molecule has 148 valence electrons. The molecule has 2 aliphatic carbocycles. The molecule has 0 aliphatic heterocycles. The highest BCUT2D eigenvalue weighted by atomic mass is 32.2. The second-order valence-electron chi connectivity index (χ2n) is 7.42. The first-order valence-corrected chi connectivity index (χ1v) is 10.9. The molecular weight excluding hydrogens is 374 g/mol. The van der Waals surface area contributed by atoms with E-state index in [0.29, 0.717) is 11.1 Å². The first-order chi connectivity index (χ1) is 13.7. The predicted octanol–water partition coefficient (Wildman–Crippen LogP) is 3.40. The molecule has 8 heteroatoms. The van der Waals surface area contributed by atoms with Crippen molar-refractivity contribution in [3.8, 4) is 5.69 Å². The molecule has 2 aliphatic rings. The number of carbonyl (C=O) groups excluding carboxylic acids is 2. The molecule has 0 unspecified atom stereocenters. The smallest absolute Gasteiger partial charge is 0.321 e. The largest absolute Gasteiger partial charge is 0.335 e. The van der Waals surface area contributed by atoms with Gasteiger partial charge < -0.3 is 5.32 Å². The van der Waals surface area contributed by atoms with Gasteiger partial charge in [-0.05, 0) is 37.8 Å². The molecule has 2 N–H and O–H groups in total. The number of urea groups is 1. The maximum Gasteiger partial charge on any atom is 0.321 e. The molecule has 28 heavy (non-hydrogen) atoms. The van der Waals surface area contributed by atoms with Crippen LogP contribution in [0.25, 0.3) is 5.69 Å². The number of benzene rings is 1. The van der Waals surface area contributed by atoms with Gasteiger partial charge in [-0.2, -0.15) is 0 Å². The Bertz CT molecular complexity index is 828. The Morgan fingerprint density at radius 3 is 2.54 bits per heavy atom. The van der Waals surface area contributed by atoms with E-state index in [4.69, 9.17) is 4.98 Å². The van der Waals surface area contributed by atoms with Crippen molar-refractivity contribution in [1.82, 2.24) is 25.4 Å². The Morgan fingerprint density at radius 1 is 1.07 bits per heavy atom. The predicted molar refractivity (Wildman–Crippen MR) is 108 cm³/mol. The molecule has 7 nitrogen and oxygen atoms in total. The molecular formula is C20H25N5O2S. The first-order valence-electron chi connectivity index (χ1n) is 9.94. The molecule has 0 bridgehead atoms. The Labute approximate surface area is 168 Å². The van der Waals surface area contributed by atoms with Gasteiger partial charge >= 0.3 is 6.03 Å². The third-order valence-electron chi connectivity index (χ3n) is 5.08. The molecule has 3 amide bonds. The van der Waals surface area contributed by atoms with Crippen LogP contribution in [0.4, 0.5) is 4.79 Å². The van der Waals surface area contributed by atoms with Crippen LogP contribution in [0.2, 0.25) is 0 Å². The number of nitrogens with one attached hydrogen (secondary N) is 2. The van der Waals surface area contributed by atoms with Gasteiger partial charge in [0, 0.05) is 12.0 Å². The maximum absolute atomic E-state index is 12.0. The van der Waals surface area contributed by atoms with Gasteiger partial charge in [-0.3, -0.25) is 10.1 Å². The molecule has 0 atom stereocenters. The molecule has 1 heterocycles. The summed E-state index contributed by atoms with van der Waals surface area (Å²) in [5.41, 5.74) is 0.982. The first kappa shape index (κ1) is 19.0. The van der Waals surface area contributed by atoms with E-state index in [9.17, 15) is 9.59 Å². The average Bonchev–Trinajstić information content (AvgIpc) is 3.42. The lowest BCUT2D eigenvalue weighted by atomic mass is 9.88. The van der Waals surface area contributed by atoms with Crippen LogP contribution in [0, 0.1) is 0 Å². The fourth-order valence-electron chi connectivity index (χ4n) is 3.49. The van der Waals surface area contributed by atoms with Gasteiger partial charge in [0.05, 0.1) is 11.4 Å². The molecule has 0 radical (unpaired) electrons. The summed E-state index contributed by atoms with van der Waals surface area (Å²) in [6.45, 7) is 0. The fourth-order valence-corrected chi connectivity index (χ4v) is 4.12. The highest BCUT2D eigenvalue weighted by Crippen LogP contribution is 2.33. The van der Waals surface area contributed by atoms with Crippen molar-refractivity contribution in [2.24, 2.45) is 0 Å². The number of imide groups is 1. The third-order valence-corrected chi connectivity index (χ3v) is 5.92. The van der Waals surface area contributed by atoms with E-state index in [1.54, 1.807) is 0 Å². The van der Waals surface area contributed by atoms with E-state index in [0.717, 1.165) is 37.2 Å². The molecule has 0 spiro atoms. The van der Waals surface area contributed by atoms with Crippen molar-refractivity contribution >= 4 is 23.7 Å². The van der Waals surface area contributed by atoms with E-state index < -0.39 is 6.03 Å². The minimum Gasteiger partial charge on any atom is -0.335 e. The summed E-state index contributed by atoms with van der Waals surface area (Å²) in [5.74, 6) is 1.15. The number of thioether (sulfide) groups is 1. The second-order valence-corrected chi connectivity index (χ2v) is 8.36. The van der Waals surface area contributed by atoms with Crippen molar-refractivity contribution < 1.29 is 9.59 Å². The van der Waals surface area contributed by atoms with Crippen LogP contribution in [-0.4, -0.2) is 38.5 Å². The van der Waals surface area contributed by atoms with Crippen LogP contribution in [0.15, 0.2) is 35.5 Å². The van der Waals surface area contributed by atoms with Crippen molar-refractivity contribution in [3.05, 3.63) is 36.2 Å². The maximum atomic E-state index is 12.0. The number of hydrogen-bond acceptors (Lipinski definition) is 5. The standard InChI is InChI=1S/C20H25N5O2S/c26-17(22-19(27)21-15-11-12-15)13-28-20-23-18(14-7-3-1-4-8-14)25(24-20)16-9-5-2-6-10-16/h2,5-6,9-10,14-15H,1,3-4,7-8,11-13H2,(H2,21,22,26,27). The zero-order valence-electron chi connectivity index (χ0n) is 15.8. The summed E-state index contributed by atoms with van der Waals surface area (Å²) in [6.07, 6.45) is 7.93. The van der Waals surface area contributed by atoms with Crippen LogP contribution < -0.4 is 10.6 Å². The summed E-state index contributed by atoms with van der Waals surface area (Å²) in [7, 11) is 0. The van der Waals surface area contributed by atoms with Gasteiger partial charge in [-0.25, -0.2) is 14.5 Å². The number of para-hydroxylation sites is 1. The third kappa shape index (κ3) is 4.92. The van der Waals surface area contributed by atoms with E-state index >= 15 is 0 Å². The molecule has 2 aromatic rings. The number of rotatable bonds is 6. The minimum atomic E-state index is -0.418. The van der Waals surface area contributed by atoms with Crippen LogP contribution in [0.1, 0.15) is 56.7 Å². The van der Waals surface area contributed by atoms with E-state index in [1.807, 2.05) is 35.0 Å². The SMILES string of the molecule is O=C(CSc1nc(C2CCCCC2)n(-c2ccccc2)n1)NC(=O)NC1CC1. The van der Waals surface area contributed by atoms with Crippen molar-refractivity contribution in [1.29, 1.82) is 0 Å². The summed E-state index contributed by atoms with van der Waals surface area (Å²) in [6, 6.07) is 9.80. The zero-order chi connectivity index (χ0) is 19.3. The van der Waals surface area contributed by atoms with Gasteiger partial charge in [-0.15, -0.1) is 5.10 Å². The summed E-state index contributed by atoms with van der Waals surface area (Å²) in [4.78, 5) is 28.5. The van der Waals surface area contributed by atoms with E-state index in [-0.39, 0.29) is 17.7 Å². The van der Waals surface area contributed by atoms with Crippen LogP contribution in [-0.2, 0) is 4.79 Å². The fraction of sp³-hybridized carbons (Fsp3) is 0.500. The van der Waals surface area contributed by atoms with Crippen molar-refractivity contribution in [2.45, 2.75) is 62.1 Å². The molecule has 1 aromatic heterocycles. The molecule has 1 aromatic carbocycles. The van der Waals surface area contributed by atoms with Crippen LogP contribution in [0.5, 0.6) is 0 Å². The number of amides is 3. The highest BCUT2D eigenvalue weighted by Gasteiger charge is 2.25. The molecule has 0 saturated heterocycles. The van der Waals surface area contributed by atoms with Gasteiger partial charge in [-0.1, -0.05) is 49.2 Å². The minimum absolute atomic E-state index is 0.112. The van der Waals surface area contributed by atoms with Gasteiger partial charge in [0.25, 0.3) is 0 Å². The topological polar surface area (TPSA) is 88.9 Å². The normalized spacial score (nSPS) is 17.3. The highest BCUT2D eigenvalue weighted by molar-refractivity contribution is 7.99. The van der Waals surface area contributed by atoms with Crippen molar-refractivity contribution in [2.75, 3.05) is 5.75 Å². The number of nitrogens with zero attached hydrogens (tertiary/aromatic N) is 3. The Morgan fingerprint density at radius 2 is 1.82 bits per heavy atom. The Kier molecular flexibility index (Phi) is 5.95. The average molecular weight is 400 g/mol. The molecule has 4 rings (SSSR count). The quantitative estimate of drug-likeness (QED) is 0.727. The summed E-state index contributed by atoms with van der Waals surface area (Å²) in [5, 5.41) is 10.3. The van der Waals surface area contributed by atoms with Crippen molar-refractivity contribution in [3.63, 3.8) is 0 Å². The molecule has 2 saturated carbocycles. The lowest BCUT2D eigenvalue weighted by Crippen LogP contribution is -2.41. The summed E-state index contributed by atoms with van der Waals surface area (Å²) < 4.78 is 1.91. The van der Waals surface area contributed by atoms with E-state index in [1.165, 1.54) is 31.0 Å².